The molecule has 8 aromatic rings. The third-order valence-corrected chi connectivity index (χ3v) is 10.1. The molecule has 0 saturated heterocycles. The molecule has 0 bridgehead atoms. The second-order valence-corrected chi connectivity index (χ2v) is 12.5. The molecule has 0 unspecified atom stereocenters. The Morgan fingerprint density at radius 2 is 1.18 bits per heavy atom. The Bertz CT molecular complexity index is 2310. The van der Waals surface area contributed by atoms with Crippen LogP contribution in [-0.2, 0) is 5.41 Å². The fourth-order valence-corrected chi connectivity index (χ4v) is 8.15. The number of hydrogen-bond acceptors (Lipinski definition) is 1. The van der Waals surface area contributed by atoms with Gasteiger partial charge in [-0.1, -0.05) is 80.6 Å². The van der Waals surface area contributed by atoms with E-state index >= 15 is 0 Å². The summed E-state index contributed by atoms with van der Waals surface area (Å²) in [5, 5.41) is 7.92. The van der Waals surface area contributed by atoms with Crippen molar-refractivity contribution < 1.29 is 0 Å². The molecule has 9 rings (SSSR count). The molecule has 0 radical (unpaired) electrons. The van der Waals surface area contributed by atoms with Gasteiger partial charge in [0.2, 0.25) is 0 Å². The summed E-state index contributed by atoms with van der Waals surface area (Å²) in [5.41, 5.74) is 9.27. The van der Waals surface area contributed by atoms with Crippen molar-refractivity contribution in [2.24, 2.45) is 0 Å². The van der Waals surface area contributed by atoms with Crippen LogP contribution in [0.1, 0.15) is 25.0 Å². The lowest BCUT2D eigenvalue weighted by atomic mass is 9.81. The van der Waals surface area contributed by atoms with E-state index in [9.17, 15) is 0 Å². The molecule has 39 heavy (non-hydrogen) atoms. The zero-order chi connectivity index (χ0) is 25.9. The van der Waals surface area contributed by atoms with E-state index < -0.39 is 0 Å². The predicted molar refractivity (Wildman–Crippen MR) is 169 cm³/mol. The molecular weight excluding hydrogens is 490 g/mol. The zero-order valence-electron chi connectivity index (χ0n) is 21.8. The number of nitrogens with zero attached hydrogens (tertiary/aromatic N) is 1. The molecule has 1 aliphatic rings. The van der Waals surface area contributed by atoms with Crippen LogP contribution < -0.4 is 0 Å². The molecule has 1 nitrogen and oxygen atoms in total. The molecule has 6 aromatic carbocycles. The van der Waals surface area contributed by atoms with Gasteiger partial charge in [0.25, 0.3) is 0 Å². The molecule has 2 aromatic heterocycles. The van der Waals surface area contributed by atoms with Crippen molar-refractivity contribution in [1.29, 1.82) is 0 Å². The van der Waals surface area contributed by atoms with Crippen molar-refractivity contribution in [3.63, 3.8) is 0 Å². The molecule has 0 atom stereocenters. The Morgan fingerprint density at radius 1 is 0.513 bits per heavy atom. The summed E-state index contributed by atoms with van der Waals surface area (Å²) in [7, 11) is 0. The lowest BCUT2D eigenvalue weighted by Crippen LogP contribution is -2.15. The first-order valence-electron chi connectivity index (χ1n) is 13.6. The van der Waals surface area contributed by atoms with Crippen LogP contribution in [-0.4, -0.2) is 4.57 Å². The van der Waals surface area contributed by atoms with E-state index in [4.69, 9.17) is 0 Å². The van der Waals surface area contributed by atoms with E-state index in [0.717, 1.165) is 0 Å². The summed E-state index contributed by atoms with van der Waals surface area (Å²) in [6, 6.07) is 43.1. The minimum absolute atomic E-state index is 0.0698. The number of hydrogen-bond donors (Lipinski definition) is 0. The van der Waals surface area contributed by atoms with E-state index in [1.54, 1.807) is 0 Å². The molecule has 0 N–H and O–H groups in total. The van der Waals surface area contributed by atoms with Crippen LogP contribution in [0.25, 0.3) is 69.6 Å². The predicted octanol–water partition coefficient (Wildman–Crippen LogP) is 10.6. The van der Waals surface area contributed by atoms with Crippen LogP contribution >= 0.6 is 11.3 Å². The van der Waals surface area contributed by atoms with Gasteiger partial charge < -0.3 is 4.57 Å². The molecule has 0 aliphatic heterocycles. The van der Waals surface area contributed by atoms with Gasteiger partial charge >= 0.3 is 0 Å². The third-order valence-electron chi connectivity index (χ3n) is 8.96. The van der Waals surface area contributed by atoms with Gasteiger partial charge in [-0.05, 0) is 81.6 Å². The summed E-state index contributed by atoms with van der Waals surface area (Å²) in [6.45, 7) is 4.77. The summed E-state index contributed by atoms with van der Waals surface area (Å²) < 4.78 is 5.15. The Labute approximate surface area is 230 Å². The fraction of sp³-hybridized carbons (Fsp3) is 0.0811. The van der Waals surface area contributed by atoms with Gasteiger partial charge in [0.15, 0.2) is 0 Å². The zero-order valence-corrected chi connectivity index (χ0v) is 22.6. The Hall–Kier alpha value is -4.40. The Balaban J connectivity index is 1.36. The van der Waals surface area contributed by atoms with E-state index in [2.05, 4.69) is 134 Å². The first-order valence-corrected chi connectivity index (χ1v) is 14.4. The standard InChI is InChI=1S/C37H25NS/c1-37(2)31-18-23-10-4-3-9-22(23)17-28(31)29-20-30-25-11-5-7-13-33(25)38(34(30)21-32(29)37)24-15-16-27-26-12-6-8-14-35(26)39-36(27)19-24/h3-21H,1-2H3. The fourth-order valence-electron chi connectivity index (χ4n) is 7.01. The molecule has 1 aliphatic carbocycles. The maximum Gasteiger partial charge on any atom is 0.0544 e. The van der Waals surface area contributed by atoms with Crippen molar-refractivity contribution in [2.45, 2.75) is 19.3 Å². The number of fused-ring (bicyclic) bond motifs is 10. The van der Waals surface area contributed by atoms with Gasteiger partial charge in [-0.15, -0.1) is 11.3 Å². The molecular formula is C37H25NS. The van der Waals surface area contributed by atoms with Crippen molar-refractivity contribution in [3.05, 3.63) is 126 Å². The summed E-state index contributed by atoms with van der Waals surface area (Å²) in [4.78, 5) is 0. The highest BCUT2D eigenvalue weighted by molar-refractivity contribution is 7.25. The lowest BCUT2D eigenvalue weighted by Gasteiger charge is -2.22. The smallest absolute Gasteiger partial charge is 0.0544 e. The van der Waals surface area contributed by atoms with Crippen molar-refractivity contribution in [2.75, 3.05) is 0 Å². The summed E-state index contributed by atoms with van der Waals surface area (Å²) in [5.74, 6) is 0. The third kappa shape index (κ3) is 2.79. The van der Waals surface area contributed by atoms with Crippen molar-refractivity contribution >= 4 is 64.1 Å². The number of aromatic nitrogens is 1. The Kier molecular flexibility index (Phi) is 4.07. The van der Waals surface area contributed by atoms with Gasteiger partial charge in [0.05, 0.1) is 11.0 Å². The number of para-hydroxylation sites is 1. The van der Waals surface area contributed by atoms with Crippen LogP contribution in [0.2, 0.25) is 0 Å². The molecule has 0 fully saturated rings. The number of thiophene rings is 1. The molecule has 2 heterocycles. The maximum atomic E-state index is 2.48. The van der Waals surface area contributed by atoms with Crippen LogP contribution in [0, 0.1) is 0 Å². The SMILES string of the molecule is CC1(C)c2cc3ccccc3cc2-c2cc3c4ccccc4n(-c4ccc5c(c4)sc4ccccc45)c3cc21. The minimum Gasteiger partial charge on any atom is -0.309 e. The largest absolute Gasteiger partial charge is 0.309 e. The van der Waals surface area contributed by atoms with Crippen LogP contribution in [0.15, 0.2) is 115 Å². The van der Waals surface area contributed by atoms with Crippen molar-refractivity contribution in [3.8, 4) is 16.8 Å². The van der Waals surface area contributed by atoms with E-state index in [-0.39, 0.29) is 5.41 Å². The van der Waals surface area contributed by atoms with Crippen LogP contribution in [0.5, 0.6) is 0 Å². The average molecular weight is 516 g/mol. The molecule has 0 amide bonds. The minimum atomic E-state index is -0.0698. The van der Waals surface area contributed by atoms with E-state index in [1.165, 1.54) is 80.7 Å². The van der Waals surface area contributed by atoms with E-state index in [0.29, 0.717) is 0 Å². The van der Waals surface area contributed by atoms with Crippen LogP contribution in [0.3, 0.4) is 0 Å². The van der Waals surface area contributed by atoms with Gasteiger partial charge in [-0.2, -0.15) is 0 Å². The Morgan fingerprint density at radius 3 is 2.05 bits per heavy atom. The summed E-state index contributed by atoms with van der Waals surface area (Å²) in [6.07, 6.45) is 0. The first-order chi connectivity index (χ1) is 19.1. The number of rotatable bonds is 1. The second-order valence-electron chi connectivity index (χ2n) is 11.4. The molecule has 0 saturated carbocycles. The molecule has 2 heteroatoms. The highest BCUT2D eigenvalue weighted by Gasteiger charge is 2.36. The second kappa shape index (κ2) is 7.37. The normalized spacial score (nSPS) is 14.1. The van der Waals surface area contributed by atoms with Gasteiger partial charge in [-0.25, -0.2) is 0 Å². The van der Waals surface area contributed by atoms with Crippen LogP contribution in [0.4, 0.5) is 0 Å². The molecule has 0 spiro atoms. The average Bonchev–Trinajstić information content (AvgIpc) is 3.56. The van der Waals surface area contributed by atoms with E-state index in [1.807, 2.05) is 11.3 Å². The van der Waals surface area contributed by atoms with Gasteiger partial charge in [-0.3, -0.25) is 0 Å². The quantitative estimate of drug-likeness (QED) is 0.205. The maximum absolute atomic E-state index is 2.48. The summed E-state index contributed by atoms with van der Waals surface area (Å²) >= 11 is 1.88. The first kappa shape index (κ1) is 21.5. The monoisotopic (exact) mass is 515 g/mol. The number of benzene rings is 6. The van der Waals surface area contributed by atoms with Crippen molar-refractivity contribution in [1.82, 2.24) is 4.57 Å². The topological polar surface area (TPSA) is 4.93 Å². The van der Waals surface area contributed by atoms with Gasteiger partial charge in [0.1, 0.15) is 0 Å². The molecule has 184 valence electrons. The lowest BCUT2D eigenvalue weighted by molar-refractivity contribution is 0.662. The highest BCUT2D eigenvalue weighted by Crippen LogP contribution is 2.52. The highest BCUT2D eigenvalue weighted by atomic mass is 32.1. The van der Waals surface area contributed by atoms with Gasteiger partial charge in [0, 0.05) is 42.0 Å².